The molecule has 1 aromatic rings. The molecule has 1 saturated carbocycles. The van der Waals surface area contributed by atoms with Crippen molar-refractivity contribution in [1.82, 2.24) is 0 Å². The van der Waals surface area contributed by atoms with Gasteiger partial charge in [0.05, 0.1) is 0 Å². The standard InChI is InChI=1S/C14H19N/c15-14(8-7-10-5-6-10)13-9-11-3-1-2-4-12(11)13/h1-4,10,13-14H,5-9,15H2. The SMILES string of the molecule is NC(CCC1CC1)C1Cc2ccccc21. The first-order valence-electron chi connectivity index (χ1n) is 6.18. The Kier molecular flexibility index (Phi) is 2.28. The van der Waals surface area contributed by atoms with E-state index < -0.39 is 0 Å². The molecule has 1 nitrogen and oxygen atoms in total. The number of fused-ring (bicyclic) bond motifs is 1. The molecule has 1 heteroatoms. The van der Waals surface area contributed by atoms with Crippen LogP contribution in [-0.4, -0.2) is 6.04 Å². The first-order valence-corrected chi connectivity index (χ1v) is 6.18. The minimum Gasteiger partial charge on any atom is -0.327 e. The topological polar surface area (TPSA) is 26.0 Å². The quantitative estimate of drug-likeness (QED) is 0.796. The summed E-state index contributed by atoms with van der Waals surface area (Å²) in [6.07, 6.45) is 6.70. The van der Waals surface area contributed by atoms with E-state index in [1.807, 2.05) is 0 Å². The van der Waals surface area contributed by atoms with E-state index in [0.29, 0.717) is 12.0 Å². The Morgan fingerprint density at radius 2 is 2.07 bits per heavy atom. The van der Waals surface area contributed by atoms with E-state index in [0.717, 1.165) is 5.92 Å². The second-order valence-electron chi connectivity index (χ2n) is 5.19. The maximum absolute atomic E-state index is 6.27. The van der Waals surface area contributed by atoms with Crippen LogP contribution in [-0.2, 0) is 6.42 Å². The van der Waals surface area contributed by atoms with Gasteiger partial charge >= 0.3 is 0 Å². The average molecular weight is 201 g/mol. The van der Waals surface area contributed by atoms with Gasteiger partial charge in [-0.25, -0.2) is 0 Å². The molecule has 2 aliphatic carbocycles. The van der Waals surface area contributed by atoms with Crippen molar-refractivity contribution >= 4 is 0 Å². The highest BCUT2D eigenvalue weighted by Crippen LogP contribution is 2.40. The van der Waals surface area contributed by atoms with Crippen molar-refractivity contribution in [2.75, 3.05) is 0 Å². The molecule has 0 bridgehead atoms. The van der Waals surface area contributed by atoms with Crippen LogP contribution < -0.4 is 5.73 Å². The van der Waals surface area contributed by atoms with Crippen molar-refractivity contribution in [3.8, 4) is 0 Å². The largest absolute Gasteiger partial charge is 0.327 e. The molecule has 3 rings (SSSR count). The van der Waals surface area contributed by atoms with E-state index in [1.165, 1.54) is 43.2 Å². The molecular formula is C14H19N. The predicted molar refractivity (Wildman–Crippen MR) is 62.8 cm³/mol. The van der Waals surface area contributed by atoms with Crippen LogP contribution in [0.5, 0.6) is 0 Å². The number of benzene rings is 1. The summed E-state index contributed by atoms with van der Waals surface area (Å²) in [5.41, 5.74) is 9.30. The molecule has 0 saturated heterocycles. The second-order valence-corrected chi connectivity index (χ2v) is 5.19. The lowest BCUT2D eigenvalue weighted by Crippen LogP contribution is -2.35. The molecule has 80 valence electrons. The predicted octanol–water partition coefficient (Wildman–Crippen LogP) is 2.84. The lowest BCUT2D eigenvalue weighted by molar-refractivity contribution is 0.437. The molecule has 2 aliphatic rings. The van der Waals surface area contributed by atoms with Gasteiger partial charge in [-0.2, -0.15) is 0 Å². The molecule has 1 aromatic carbocycles. The summed E-state index contributed by atoms with van der Waals surface area (Å²) in [6.45, 7) is 0. The summed E-state index contributed by atoms with van der Waals surface area (Å²) in [5, 5.41) is 0. The van der Waals surface area contributed by atoms with Crippen molar-refractivity contribution in [1.29, 1.82) is 0 Å². The minimum absolute atomic E-state index is 0.403. The smallest absolute Gasteiger partial charge is 0.0111 e. The van der Waals surface area contributed by atoms with Gasteiger partial charge in [-0.3, -0.25) is 0 Å². The summed E-state index contributed by atoms with van der Waals surface area (Å²) in [7, 11) is 0. The van der Waals surface area contributed by atoms with Gasteiger partial charge in [-0.05, 0) is 36.3 Å². The fraction of sp³-hybridized carbons (Fsp3) is 0.571. The van der Waals surface area contributed by atoms with Crippen LogP contribution in [0.3, 0.4) is 0 Å². The molecule has 2 N–H and O–H groups in total. The second kappa shape index (κ2) is 3.64. The highest BCUT2D eigenvalue weighted by Gasteiger charge is 2.31. The van der Waals surface area contributed by atoms with E-state index in [9.17, 15) is 0 Å². The molecule has 2 unspecified atom stereocenters. The number of hydrogen-bond donors (Lipinski definition) is 1. The van der Waals surface area contributed by atoms with Gasteiger partial charge in [0.2, 0.25) is 0 Å². The summed E-state index contributed by atoms with van der Waals surface area (Å²) in [6, 6.07) is 9.16. The zero-order chi connectivity index (χ0) is 10.3. The third kappa shape index (κ3) is 1.81. The normalized spacial score (nSPS) is 25.5. The van der Waals surface area contributed by atoms with Crippen molar-refractivity contribution in [2.45, 2.75) is 44.1 Å². The van der Waals surface area contributed by atoms with E-state index in [-0.39, 0.29) is 0 Å². The Bertz CT molecular complexity index is 354. The van der Waals surface area contributed by atoms with Crippen LogP contribution in [0, 0.1) is 5.92 Å². The summed E-state index contributed by atoms with van der Waals surface area (Å²) >= 11 is 0. The van der Waals surface area contributed by atoms with Crippen LogP contribution in [0.4, 0.5) is 0 Å². The highest BCUT2D eigenvalue weighted by atomic mass is 14.7. The molecule has 0 aliphatic heterocycles. The highest BCUT2D eigenvalue weighted by molar-refractivity contribution is 5.41. The average Bonchev–Trinajstić information content (AvgIpc) is 3.00. The summed E-state index contributed by atoms with van der Waals surface area (Å²) in [4.78, 5) is 0. The summed E-state index contributed by atoms with van der Waals surface area (Å²) in [5.74, 6) is 1.67. The number of rotatable bonds is 4. The molecular weight excluding hydrogens is 182 g/mol. The molecule has 0 amide bonds. The molecule has 0 spiro atoms. The van der Waals surface area contributed by atoms with Crippen molar-refractivity contribution < 1.29 is 0 Å². The zero-order valence-corrected chi connectivity index (χ0v) is 9.15. The molecule has 0 radical (unpaired) electrons. The Morgan fingerprint density at radius 1 is 1.27 bits per heavy atom. The van der Waals surface area contributed by atoms with E-state index in [4.69, 9.17) is 5.73 Å². The molecule has 1 fully saturated rings. The first kappa shape index (κ1) is 9.41. The van der Waals surface area contributed by atoms with Crippen LogP contribution in [0.1, 0.15) is 42.7 Å². The summed E-state index contributed by atoms with van der Waals surface area (Å²) < 4.78 is 0. The Hall–Kier alpha value is -0.820. The molecule has 15 heavy (non-hydrogen) atoms. The monoisotopic (exact) mass is 201 g/mol. The fourth-order valence-corrected chi connectivity index (χ4v) is 2.72. The van der Waals surface area contributed by atoms with E-state index in [1.54, 1.807) is 0 Å². The molecule has 2 atom stereocenters. The lowest BCUT2D eigenvalue weighted by atomic mass is 9.72. The Balaban J connectivity index is 1.60. The third-order valence-electron chi connectivity index (χ3n) is 4.02. The van der Waals surface area contributed by atoms with Gasteiger partial charge in [0.15, 0.2) is 0 Å². The Morgan fingerprint density at radius 3 is 2.80 bits per heavy atom. The van der Waals surface area contributed by atoms with Crippen LogP contribution in [0.2, 0.25) is 0 Å². The van der Waals surface area contributed by atoms with E-state index in [2.05, 4.69) is 24.3 Å². The van der Waals surface area contributed by atoms with E-state index >= 15 is 0 Å². The van der Waals surface area contributed by atoms with Gasteiger partial charge in [0.25, 0.3) is 0 Å². The number of nitrogens with two attached hydrogens (primary N) is 1. The van der Waals surface area contributed by atoms with Gasteiger partial charge in [0, 0.05) is 12.0 Å². The zero-order valence-electron chi connectivity index (χ0n) is 9.15. The van der Waals surface area contributed by atoms with Gasteiger partial charge in [0.1, 0.15) is 0 Å². The van der Waals surface area contributed by atoms with Crippen molar-refractivity contribution in [3.63, 3.8) is 0 Å². The van der Waals surface area contributed by atoms with Crippen LogP contribution >= 0.6 is 0 Å². The lowest BCUT2D eigenvalue weighted by Gasteiger charge is -2.34. The van der Waals surface area contributed by atoms with Crippen LogP contribution in [0.15, 0.2) is 24.3 Å². The van der Waals surface area contributed by atoms with Crippen LogP contribution in [0.25, 0.3) is 0 Å². The maximum atomic E-state index is 6.27. The number of hydrogen-bond acceptors (Lipinski definition) is 1. The van der Waals surface area contributed by atoms with Crippen molar-refractivity contribution in [3.05, 3.63) is 35.4 Å². The fourth-order valence-electron chi connectivity index (χ4n) is 2.72. The first-order chi connectivity index (χ1) is 7.34. The van der Waals surface area contributed by atoms with Gasteiger partial charge in [-0.15, -0.1) is 0 Å². The minimum atomic E-state index is 0.403. The maximum Gasteiger partial charge on any atom is 0.0111 e. The van der Waals surface area contributed by atoms with Crippen molar-refractivity contribution in [2.24, 2.45) is 11.7 Å². The molecule has 0 heterocycles. The Labute approximate surface area is 91.7 Å². The van der Waals surface area contributed by atoms with Gasteiger partial charge < -0.3 is 5.73 Å². The molecule has 0 aromatic heterocycles. The van der Waals surface area contributed by atoms with Gasteiger partial charge in [-0.1, -0.05) is 37.1 Å². The third-order valence-corrected chi connectivity index (χ3v) is 4.02.